The van der Waals surface area contributed by atoms with Crippen molar-refractivity contribution in [2.45, 2.75) is 57.9 Å². The smallest absolute Gasteiger partial charge is 0.240 e. The van der Waals surface area contributed by atoms with Crippen molar-refractivity contribution in [1.82, 2.24) is 5.32 Å². The highest BCUT2D eigenvalue weighted by Gasteiger charge is 2.25. The maximum Gasteiger partial charge on any atom is 0.240 e. The molecule has 0 aliphatic heterocycles. The average molecular weight is 254 g/mol. The minimum atomic E-state index is -0.719. The van der Waals surface area contributed by atoms with Crippen molar-refractivity contribution in [3.05, 3.63) is 0 Å². The van der Waals surface area contributed by atoms with E-state index in [-0.39, 0.29) is 24.0 Å². The average Bonchev–Trinajstić information content (AvgIpc) is 2.34. The molecule has 0 saturated heterocycles. The van der Waals surface area contributed by atoms with Crippen LogP contribution in [0.3, 0.4) is 0 Å². The summed E-state index contributed by atoms with van der Waals surface area (Å²) in [5.74, 6) is -0.673. The van der Waals surface area contributed by atoms with Crippen LogP contribution in [0.5, 0.6) is 0 Å². The summed E-state index contributed by atoms with van der Waals surface area (Å²) in [4.78, 5) is 34.1. The third kappa shape index (κ3) is 4.85. The van der Waals surface area contributed by atoms with Gasteiger partial charge in [0, 0.05) is 12.3 Å². The minimum Gasteiger partial charge on any atom is -0.368 e. The van der Waals surface area contributed by atoms with Crippen LogP contribution >= 0.6 is 0 Å². The van der Waals surface area contributed by atoms with E-state index in [9.17, 15) is 14.4 Å². The number of hydrogen-bond acceptors (Lipinski definition) is 3. The van der Waals surface area contributed by atoms with E-state index >= 15 is 0 Å². The minimum absolute atomic E-state index is 0.00192. The molecule has 1 aliphatic carbocycles. The molecule has 0 unspecified atom stereocenters. The first-order chi connectivity index (χ1) is 8.50. The summed E-state index contributed by atoms with van der Waals surface area (Å²) in [6, 6.07) is -0.719. The second-order valence-electron chi connectivity index (χ2n) is 5.04. The molecule has 18 heavy (non-hydrogen) atoms. The van der Waals surface area contributed by atoms with Crippen molar-refractivity contribution in [2.75, 3.05) is 0 Å². The van der Waals surface area contributed by atoms with Crippen LogP contribution in [0.25, 0.3) is 0 Å². The Balaban J connectivity index is 2.46. The van der Waals surface area contributed by atoms with E-state index < -0.39 is 11.9 Å². The van der Waals surface area contributed by atoms with Crippen LogP contribution in [-0.4, -0.2) is 23.6 Å². The lowest BCUT2D eigenvalue weighted by Gasteiger charge is -2.23. The second kappa shape index (κ2) is 7.13. The molecule has 1 fully saturated rings. The molecule has 5 heteroatoms. The van der Waals surface area contributed by atoms with Gasteiger partial charge in [0.1, 0.15) is 11.8 Å². The van der Waals surface area contributed by atoms with E-state index in [2.05, 4.69) is 5.32 Å². The van der Waals surface area contributed by atoms with E-state index in [0.717, 1.165) is 25.7 Å². The van der Waals surface area contributed by atoms with E-state index in [1.807, 2.05) is 0 Å². The Morgan fingerprint density at radius 3 is 2.33 bits per heavy atom. The molecule has 0 heterocycles. The zero-order valence-electron chi connectivity index (χ0n) is 10.9. The van der Waals surface area contributed by atoms with Gasteiger partial charge in [-0.1, -0.05) is 19.3 Å². The number of primary amides is 1. The van der Waals surface area contributed by atoms with E-state index in [1.54, 1.807) is 0 Å². The quantitative estimate of drug-likeness (QED) is 0.738. The van der Waals surface area contributed by atoms with Gasteiger partial charge in [-0.15, -0.1) is 0 Å². The third-order valence-corrected chi connectivity index (χ3v) is 3.42. The third-order valence-electron chi connectivity index (χ3n) is 3.42. The maximum absolute atomic E-state index is 12.0. The highest BCUT2D eigenvalue weighted by molar-refractivity contribution is 5.88. The van der Waals surface area contributed by atoms with Crippen molar-refractivity contribution in [1.29, 1.82) is 0 Å². The fraction of sp³-hybridized carbons (Fsp3) is 0.769. The predicted molar refractivity (Wildman–Crippen MR) is 67.6 cm³/mol. The zero-order valence-corrected chi connectivity index (χ0v) is 10.9. The van der Waals surface area contributed by atoms with Crippen LogP contribution in [0, 0.1) is 5.92 Å². The molecule has 0 spiro atoms. The van der Waals surface area contributed by atoms with Gasteiger partial charge in [0.25, 0.3) is 0 Å². The van der Waals surface area contributed by atoms with E-state index in [0.29, 0.717) is 6.42 Å². The summed E-state index contributed by atoms with van der Waals surface area (Å²) in [6.45, 7) is 1.46. The first kappa shape index (κ1) is 14.7. The molecular weight excluding hydrogens is 232 g/mol. The van der Waals surface area contributed by atoms with Gasteiger partial charge in [-0.3, -0.25) is 9.59 Å². The first-order valence-corrected chi connectivity index (χ1v) is 6.60. The topological polar surface area (TPSA) is 89.3 Å². The first-order valence-electron chi connectivity index (χ1n) is 6.60. The summed E-state index contributed by atoms with van der Waals surface area (Å²) in [7, 11) is 0. The number of rotatable bonds is 6. The van der Waals surface area contributed by atoms with Gasteiger partial charge in [-0.2, -0.15) is 0 Å². The number of nitrogens with two attached hydrogens (primary N) is 1. The normalized spacial score (nSPS) is 18.1. The highest BCUT2D eigenvalue weighted by atomic mass is 16.2. The van der Waals surface area contributed by atoms with Crippen LogP contribution in [0.2, 0.25) is 0 Å². The molecular formula is C13H22N2O3. The summed E-state index contributed by atoms with van der Waals surface area (Å²) in [6.07, 6.45) is 5.61. The Morgan fingerprint density at radius 1 is 1.22 bits per heavy atom. The number of nitrogens with one attached hydrogen (secondary N) is 1. The van der Waals surface area contributed by atoms with Crippen molar-refractivity contribution in [2.24, 2.45) is 11.7 Å². The molecule has 0 bridgehead atoms. The number of ketones is 1. The Hall–Kier alpha value is -1.39. The van der Waals surface area contributed by atoms with E-state index in [4.69, 9.17) is 5.73 Å². The Kier molecular flexibility index (Phi) is 5.82. The lowest BCUT2D eigenvalue weighted by Crippen LogP contribution is -2.47. The second-order valence-corrected chi connectivity index (χ2v) is 5.04. The van der Waals surface area contributed by atoms with Gasteiger partial charge in [-0.25, -0.2) is 0 Å². The van der Waals surface area contributed by atoms with Crippen molar-refractivity contribution < 1.29 is 14.4 Å². The fourth-order valence-corrected chi connectivity index (χ4v) is 2.29. The molecule has 1 rings (SSSR count). The summed E-state index contributed by atoms with van der Waals surface area (Å²) < 4.78 is 0. The number of amides is 2. The monoisotopic (exact) mass is 254 g/mol. The van der Waals surface area contributed by atoms with Gasteiger partial charge in [0.2, 0.25) is 11.8 Å². The molecule has 0 aromatic rings. The van der Waals surface area contributed by atoms with Crippen LogP contribution < -0.4 is 11.1 Å². The van der Waals surface area contributed by atoms with Gasteiger partial charge in [0.05, 0.1) is 0 Å². The Bertz CT molecular complexity index is 322. The number of Topliss-reactive ketones (excluding diaryl/α,β-unsaturated/α-hetero) is 1. The van der Waals surface area contributed by atoms with Crippen LogP contribution in [0.4, 0.5) is 0 Å². The summed E-state index contributed by atoms with van der Waals surface area (Å²) >= 11 is 0. The summed E-state index contributed by atoms with van der Waals surface area (Å²) in [5, 5.41) is 2.68. The predicted octanol–water partition coefficient (Wildman–Crippen LogP) is 0.906. The molecule has 1 atom stereocenters. The Morgan fingerprint density at radius 2 is 1.83 bits per heavy atom. The highest BCUT2D eigenvalue weighted by Crippen LogP contribution is 2.23. The summed E-state index contributed by atoms with van der Waals surface area (Å²) in [5.41, 5.74) is 5.24. The molecule has 2 amide bonds. The van der Waals surface area contributed by atoms with Crippen LogP contribution in [0.1, 0.15) is 51.9 Å². The maximum atomic E-state index is 12.0. The van der Waals surface area contributed by atoms with Crippen molar-refractivity contribution in [3.8, 4) is 0 Å². The van der Waals surface area contributed by atoms with Gasteiger partial charge in [0.15, 0.2) is 0 Å². The molecule has 1 aliphatic rings. The molecule has 102 valence electrons. The Labute approximate surface area is 107 Å². The number of hydrogen-bond donors (Lipinski definition) is 2. The zero-order chi connectivity index (χ0) is 13.5. The largest absolute Gasteiger partial charge is 0.368 e. The standard InChI is InChI=1S/C13H22N2O3/c1-9(16)7-8-11(12(14)17)15-13(18)10-5-3-2-4-6-10/h10-11H,2-8H2,1H3,(H2,14,17)(H,15,18)/t11-/m0/s1. The van der Waals surface area contributed by atoms with Gasteiger partial charge >= 0.3 is 0 Å². The van der Waals surface area contributed by atoms with Crippen molar-refractivity contribution >= 4 is 17.6 Å². The van der Waals surface area contributed by atoms with Gasteiger partial charge < -0.3 is 15.8 Å². The number of carbonyl (C=O) groups is 3. The van der Waals surface area contributed by atoms with E-state index in [1.165, 1.54) is 13.3 Å². The SMILES string of the molecule is CC(=O)CC[C@H](NC(=O)C1CCCCC1)C(N)=O. The molecule has 3 N–H and O–H groups in total. The molecule has 0 aromatic carbocycles. The fourth-order valence-electron chi connectivity index (χ4n) is 2.29. The molecule has 0 aromatic heterocycles. The lowest BCUT2D eigenvalue weighted by atomic mass is 9.88. The molecule has 0 radical (unpaired) electrons. The van der Waals surface area contributed by atoms with Crippen molar-refractivity contribution in [3.63, 3.8) is 0 Å². The van der Waals surface area contributed by atoms with Crippen LogP contribution in [0.15, 0.2) is 0 Å². The number of carbonyl (C=O) groups excluding carboxylic acids is 3. The lowest BCUT2D eigenvalue weighted by molar-refractivity contribution is -0.131. The van der Waals surface area contributed by atoms with Gasteiger partial charge in [-0.05, 0) is 26.2 Å². The molecule has 5 nitrogen and oxygen atoms in total. The van der Waals surface area contributed by atoms with Crippen LogP contribution in [-0.2, 0) is 14.4 Å². The molecule has 1 saturated carbocycles.